The van der Waals surface area contributed by atoms with Gasteiger partial charge in [-0.05, 0) is 34.1 Å². The van der Waals surface area contributed by atoms with Crippen LogP contribution in [0.25, 0.3) is 0 Å². The van der Waals surface area contributed by atoms with Gasteiger partial charge in [0, 0.05) is 16.0 Å². The molecule has 1 heterocycles. The zero-order valence-electron chi connectivity index (χ0n) is 9.56. The van der Waals surface area contributed by atoms with E-state index in [0.717, 1.165) is 4.47 Å². The summed E-state index contributed by atoms with van der Waals surface area (Å²) in [5.41, 5.74) is 0.399. The van der Waals surface area contributed by atoms with Crippen molar-refractivity contribution in [2.75, 3.05) is 4.72 Å². The molecule has 9 heteroatoms. The van der Waals surface area contributed by atoms with E-state index in [1.165, 1.54) is 10.9 Å². The van der Waals surface area contributed by atoms with Crippen LogP contribution >= 0.6 is 43.5 Å². The first-order valence-corrected chi connectivity index (χ1v) is 8.40. The molecule has 0 amide bonds. The molecular weight excluding hydrogens is 421 g/mol. The maximum Gasteiger partial charge on any atom is 0.282 e. The summed E-state index contributed by atoms with van der Waals surface area (Å²) in [6, 6.07) is 5.15. The molecule has 0 saturated heterocycles. The van der Waals surface area contributed by atoms with Crippen molar-refractivity contribution >= 4 is 59.2 Å². The van der Waals surface area contributed by atoms with E-state index >= 15 is 0 Å². The van der Waals surface area contributed by atoms with Crippen molar-refractivity contribution in [1.82, 2.24) is 9.55 Å². The number of sulfonamides is 1. The Kier molecular flexibility index (Phi) is 4.24. The van der Waals surface area contributed by atoms with Crippen molar-refractivity contribution < 1.29 is 8.42 Å². The van der Waals surface area contributed by atoms with E-state index in [4.69, 9.17) is 11.6 Å². The molecule has 0 aliphatic carbocycles. The van der Waals surface area contributed by atoms with Gasteiger partial charge in [0.25, 0.3) is 10.0 Å². The minimum atomic E-state index is -3.83. The van der Waals surface area contributed by atoms with Crippen LogP contribution in [0.15, 0.2) is 38.5 Å². The Morgan fingerprint density at radius 2 is 2.05 bits per heavy atom. The summed E-state index contributed by atoms with van der Waals surface area (Å²) in [5, 5.41) is -0.151. The Balaban J connectivity index is 2.42. The fraction of sp³-hybridized carbons (Fsp3) is 0.100. The minimum absolute atomic E-state index is 0.0543. The molecule has 1 aromatic carbocycles. The molecule has 0 atom stereocenters. The number of hydrogen-bond acceptors (Lipinski definition) is 3. The number of nitrogens with one attached hydrogen (secondary N) is 1. The Hall–Kier alpha value is -0.570. The second kappa shape index (κ2) is 5.43. The highest BCUT2D eigenvalue weighted by atomic mass is 79.9. The highest BCUT2D eigenvalue weighted by molar-refractivity contribution is 9.11. The third-order valence-electron chi connectivity index (χ3n) is 2.26. The highest BCUT2D eigenvalue weighted by Gasteiger charge is 2.23. The van der Waals surface area contributed by atoms with Gasteiger partial charge in [-0.1, -0.05) is 27.5 Å². The average molecular weight is 430 g/mol. The lowest BCUT2D eigenvalue weighted by Gasteiger charge is -2.08. The number of halogens is 3. The Labute approximate surface area is 132 Å². The van der Waals surface area contributed by atoms with Gasteiger partial charge in [-0.15, -0.1) is 0 Å². The van der Waals surface area contributed by atoms with Crippen LogP contribution in [-0.4, -0.2) is 18.0 Å². The smallest absolute Gasteiger partial charge is 0.282 e. The normalized spacial score (nSPS) is 11.6. The molecule has 1 N–H and O–H groups in total. The predicted octanol–water partition coefficient (Wildman–Crippen LogP) is 3.40. The van der Waals surface area contributed by atoms with Gasteiger partial charge in [0.2, 0.25) is 5.03 Å². The lowest BCUT2D eigenvalue weighted by molar-refractivity contribution is 0.598. The molecule has 5 nitrogen and oxygen atoms in total. The van der Waals surface area contributed by atoms with E-state index in [1.807, 2.05) is 0 Å². The monoisotopic (exact) mass is 427 g/mol. The van der Waals surface area contributed by atoms with E-state index in [1.54, 1.807) is 25.2 Å². The molecule has 0 saturated carbocycles. The maximum absolute atomic E-state index is 12.2. The first kappa shape index (κ1) is 14.8. The molecule has 0 spiro atoms. The van der Waals surface area contributed by atoms with Crippen LogP contribution in [0.4, 0.5) is 5.69 Å². The van der Waals surface area contributed by atoms with E-state index in [9.17, 15) is 8.42 Å². The van der Waals surface area contributed by atoms with E-state index < -0.39 is 10.0 Å². The van der Waals surface area contributed by atoms with Gasteiger partial charge < -0.3 is 4.57 Å². The van der Waals surface area contributed by atoms with E-state index in [0.29, 0.717) is 10.2 Å². The van der Waals surface area contributed by atoms with Gasteiger partial charge in [-0.2, -0.15) is 8.42 Å². The summed E-state index contributed by atoms with van der Waals surface area (Å²) in [5.74, 6) is 0. The summed E-state index contributed by atoms with van der Waals surface area (Å²) < 4.78 is 29.6. The quantitative estimate of drug-likeness (QED) is 0.814. The second-order valence-corrected chi connectivity index (χ2v) is 7.41. The topological polar surface area (TPSA) is 64.0 Å². The fourth-order valence-corrected chi connectivity index (χ4v) is 3.68. The third-order valence-corrected chi connectivity index (χ3v) is 5.30. The molecule has 0 bridgehead atoms. The number of aromatic nitrogens is 2. The predicted molar refractivity (Wildman–Crippen MR) is 80.9 cm³/mol. The van der Waals surface area contributed by atoms with E-state index in [-0.39, 0.29) is 10.2 Å². The van der Waals surface area contributed by atoms with Crippen LogP contribution in [-0.2, 0) is 17.1 Å². The average Bonchev–Trinajstić information content (AvgIpc) is 2.65. The first-order valence-electron chi connectivity index (χ1n) is 4.96. The van der Waals surface area contributed by atoms with Gasteiger partial charge in [0.15, 0.2) is 0 Å². The third kappa shape index (κ3) is 3.13. The van der Waals surface area contributed by atoms with Gasteiger partial charge in [-0.3, -0.25) is 4.72 Å². The van der Waals surface area contributed by atoms with Crippen LogP contribution in [0.1, 0.15) is 0 Å². The molecule has 0 aliphatic heterocycles. The minimum Gasteiger partial charge on any atom is -0.324 e. The molecular formula is C10H8Br2ClN3O2S. The van der Waals surface area contributed by atoms with Crippen LogP contribution < -0.4 is 4.72 Å². The lowest BCUT2D eigenvalue weighted by Crippen LogP contribution is -2.14. The van der Waals surface area contributed by atoms with Crippen molar-refractivity contribution in [3.05, 3.63) is 38.6 Å². The second-order valence-electron chi connectivity index (χ2n) is 3.68. The molecule has 0 fully saturated rings. The molecule has 2 aromatic rings. The lowest BCUT2D eigenvalue weighted by atomic mass is 10.3. The van der Waals surface area contributed by atoms with Gasteiger partial charge in [-0.25, -0.2) is 4.98 Å². The zero-order valence-corrected chi connectivity index (χ0v) is 14.3. The van der Waals surface area contributed by atoms with Crippen LogP contribution in [0, 0.1) is 0 Å². The number of aryl methyl sites for hydroxylation is 1. The number of benzene rings is 1. The van der Waals surface area contributed by atoms with Crippen LogP contribution in [0.2, 0.25) is 5.15 Å². The molecule has 0 aliphatic rings. The summed E-state index contributed by atoms with van der Waals surface area (Å²) in [6.07, 6.45) is 1.34. The van der Waals surface area contributed by atoms with Crippen LogP contribution in [0.5, 0.6) is 0 Å². The SMILES string of the molecule is Cn1cnc(S(=O)(=O)Nc2cc(Br)ccc2Br)c1Cl. The number of imidazole rings is 1. The molecule has 2 rings (SSSR count). The molecule has 0 radical (unpaired) electrons. The molecule has 0 unspecified atom stereocenters. The van der Waals surface area contributed by atoms with Gasteiger partial charge in [0.1, 0.15) is 5.15 Å². The first-order chi connectivity index (χ1) is 8.81. The number of nitrogens with zero attached hydrogens (tertiary/aromatic N) is 2. The largest absolute Gasteiger partial charge is 0.324 e. The zero-order chi connectivity index (χ0) is 14.2. The van der Waals surface area contributed by atoms with Gasteiger partial charge in [0.05, 0.1) is 12.0 Å². The molecule has 102 valence electrons. The van der Waals surface area contributed by atoms with Crippen molar-refractivity contribution in [2.45, 2.75) is 5.03 Å². The summed E-state index contributed by atoms with van der Waals surface area (Å²) in [7, 11) is -2.21. The maximum atomic E-state index is 12.2. The summed E-state index contributed by atoms with van der Waals surface area (Å²) in [6.45, 7) is 0. The van der Waals surface area contributed by atoms with Crippen molar-refractivity contribution in [2.24, 2.45) is 7.05 Å². The Bertz CT molecular complexity index is 730. The summed E-state index contributed by atoms with van der Waals surface area (Å²) >= 11 is 12.4. The van der Waals surface area contributed by atoms with Gasteiger partial charge >= 0.3 is 0 Å². The Morgan fingerprint density at radius 3 is 2.63 bits per heavy atom. The number of hydrogen-bond donors (Lipinski definition) is 1. The highest BCUT2D eigenvalue weighted by Crippen LogP contribution is 2.29. The fourth-order valence-electron chi connectivity index (χ4n) is 1.34. The number of rotatable bonds is 3. The Morgan fingerprint density at radius 1 is 1.37 bits per heavy atom. The van der Waals surface area contributed by atoms with Crippen molar-refractivity contribution in [3.8, 4) is 0 Å². The molecule has 19 heavy (non-hydrogen) atoms. The standard InChI is InChI=1S/C10H8Br2ClN3O2S/c1-16-5-14-10(9(16)13)19(17,18)15-8-4-6(11)2-3-7(8)12/h2-5,15H,1H3. The molecule has 1 aromatic heterocycles. The number of anilines is 1. The van der Waals surface area contributed by atoms with Crippen LogP contribution in [0.3, 0.4) is 0 Å². The van der Waals surface area contributed by atoms with Crippen molar-refractivity contribution in [3.63, 3.8) is 0 Å². The summed E-state index contributed by atoms with van der Waals surface area (Å²) in [4.78, 5) is 3.79. The van der Waals surface area contributed by atoms with Crippen molar-refractivity contribution in [1.29, 1.82) is 0 Å². The van der Waals surface area contributed by atoms with E-state index in [2.05, 4.69) is 41.6 Å².